The number of hydrazine groups is 2. The van der Waals surface area contributed by atoms with Crippen LogP contribution in [-0.4, -0.2) is 128 Å². The third kappa shape index (κ3) is 6.32. The highest BCUT2D eigenvalue weighted by atomic mass is 16.3. The molecule has 0 saturated carbocycles. The fourth-order valence-corrected chi connectivity index (χ4v) is 6.51. The monoisotopic (exact) mass is 595 g/mol. The summed E-state index contributed by atoms with van der Waals surface area (Å²) in [5.74, 6) is -0.833. The second-order valence-corrected chi connectivity index (χ2v) is 13.2. The van der Waals surface area contributed by atoms with Gasteiger partial charge in [0.25, 0.3) is 0 Å². The van der Waals surface area contributed by atoms with Gasteiger partial charge in [0.15, 0.2) is 0 Å². The number of carbonyl (C=O) groups excluding carboxylic acids is 1. The van der Waals surface area contributed by atoms with Crippen molar-refractivity contribution in [1.82, 2.24) is 34.7 Å². The SMILES string of the molecule is Cc1nn(C(C)(C)C)c(O)c1C1=C(O)/C(=C2/C=CC(N(CCN(C)N3CCCC3)CCN(C)N3CCCC3)C=C2O)C1=O. The second-order valence-electron chi connectivity index (χ2n) is 13.2. The van der Waals surface area contributed by atoms with Gasteiger partial charge in [-0.2, -0.15) is 5.10 Å². The molecule has 0 amide bonds. The molecular formula is C32H49N7O4. The van der Waals surface area contributed by atoms with Gasteiger partial charge in [-0.15, -0.1) is 0 Å². The number of carbonyl (C=O) groups is 1. The summed E-state index contributed by atoms with van der Waals surface area (Å²) in [6.45, 7) is 15.2. The zero-order valence-electron chi connectivity index (χ0n) is 26.7. The molecule has 11 heteroatoms. The van der Waals surface area contributed by atoms with Gasteiger partial charge in [-0.05, 0) is 59.5 Å². The highest BCUT2D eigenvalue weighted by Gasteiger charge is 2.42. The first-order chi connectivity index (χ1) is 20.4. The van der Waals surface area contributed by atoms with E-state index < -0.39 is 11.3 Å². The zero-order chi connectivity index (χ0) is 31.1. The lowest BCUT2D eigenvalue weighted by molar-refractivity contribution is -0.111. The molecule has 2 aliphatic heterocycles. The van der Waals surface area contributed by atoms with Gasteiger partial charge in [0.05, 0.1) is 34.0 Å². The fourth-order valence-electron chi connectivity index (χ4n) is 6.51. The smallest absolute Gasteiger partial charge is 0.218 e. The molecule has 1 atom stereocenters. The van der Waals surface area contributed by atoms with Gasteiger partial charge in [0.1, 0.15) is 11.5 Å². The molecule has 0 aromatic carbocycles. The van der Waals surface area contributed by atoms with Crippen LogP contribution >= 0.6 is 0 Å². The van der Waals surface area contributed by atoms with Gasteiger partial charge in [0, 0.05) is 72.0 Å². The number of hydrogen-bond acceptors (Lipinski definition) is 10. The van der Waals surface area contributed by atoms with Crippen LogP contribution in [0, 0.1) is 6.92 Å². The molecule has 4 aliphatic rings. The maximum absolute atomic E-state index is 13.4. The lowest BCUT2D eigenvalue weighted by atomic mass is 9.79. The highest BCUT2D eigenvalue weighted by Crippen LogP contribution is 2.44. The summed E-state index contributed by atoms with van der Waals surface area (Å²) in [6.07, 6.45) is 10.4. The van der Waals surface area contributed by atoms with E-state index in [1.807, 2.05) is 26.8 Å². The van der Waals surface area contributed by atoms with Crippen LogP contribution in [-0.2, 0) is 10.3 Å². The van der Waals surface area contributed by atoms with Crippen molar-refractivity contribution in [3.63, 3.8) is 0 Å². The number of aromatic hydroxyl groups is 1. The van der Waals surface area contributed by atoms with E-state index in [4.69, 9.17) is 0 Å². The van der Waals surface area contributed by atoms with Crippen molar-refractivity contribution in [3.05, 3.63) is 52.1 Å². The van der Waals surface area contributed by atoms with Gasteiger partial charge in [0.2, 0.25) is 11.7 Å². The molecule has 3 heterocycles. The van der Waals surface area contributed by atoms with Crippen molar-refractivity contribution in [2.24, 2.45) is 0 Å². The highest BCUT2D eigenvalue weighted by molar-refractivity contribution is 6.40. The Bertz CT molecular complexity index is 1310. The van der Waals surface area contributed by atoms with Crippen LogP contribution in [0.2, 0.25) is 0 Å². The molecule has 0 bridgehead atoms. The third-order valence-corrected chi connectivity index (χ3v) is 9.16. The van der Waals surface area contributed by atoms with Crippen molar-refractivity contribution in [1.29, 1.82) is 0 Å². The molecule has 2 fully saturated rings. The summed E-state index contributed by atoms with van der Waals surface area (Å²) in [4.78, 5) is 15.7. The number of aromatic nitrogens is 2. The Morgan fingerprint density at radius 2 is 1.42 bits per heavy atom. The van der Waals surface area contributed by atoms with E-state index >= 15 is 0 Å². The molecule has 2 saturated heterocycles. The van der Waals surface area contributed by atoms with Gasteiger partial charge < -0.3 is 15.3 Å². The quantitative estimate of drug-likeness (QED) is 0.348. The van der Waals surface area contributed by atoms with Gasteiger partial charge in [-0.3, -0.25) is 9.69 Å². The summed E-state index contributed by atoms with van der Waals surface area (Å²) in [6, 6.07) is -0.152. The Labute approximate surface area is 255 Å². The van der Waals surface area contributed by atoms with Gasteiger partial charge >= 0.3 is 0 Å². The molecule has 11 nitrogen and oxygen atoms in total. The Balaban J connectivity index is 1.35. The number of aryl methyl sites for hydroxylation is 1. The Kier molecular flexibility index (Phi) is 9.20. The minimum absolute atomic E-state index is 0.0291. The van der Waals surface area contributed by atoms with E-state index in [9.17, 15) is 20.1 Å². The van der Waals surface area contributed by atoms with Crippen molar-refractivity contribution in [2.75, 3.05) is 66.5 Å². The van der Waals surface area contributed by atoms with Crippen LogP contribution in [0.5, 0.6) is 5.88 Å². The molecule has 3 N–H and O–H groups in total. The molecule has 1 aromatic heterocycles. The maximum atomic E-state index is 13.4. The average Bonchev–Trinajstić information content (AvgIpc) is 3.73. The van der Waals surface area contributed by atoms with E-state index in [0.29, 0.717) is 11.3 Å². The van der Waals surface area contributed by atoms with Crippen LogP contribution in [0.3, 0.4) is 0 Å². The summed E-state index contributed by atoms with van der Waals surface area (Å²) < 4.78 is 1.45. The average molecular weight is 596 g/mol. The minimum Gasteiger partial charge on any atom is -0.508 e. The first-order valence-electron chi connectivity index (χ1n) is 15.7. The Morgan fingerprint density at radius 3 is 1.86 bits per heavy atom. The largest absolute Gasteiger partial charge is 0.508 e. The number of aliphatic hydroxyl groups excluding tert-OH is 2. The van der Waals surface area contributed by atoms with E-state index in [1.54, 1.807) is 19.1 Å². The van der Waals surface area contributed by atoms with E-state index in [-0.39, 0.29) is 40.1 Å². The molecule has 0 spiro atoms. The van der Waals surface area contributed by atoms with Crippen LogP contribution in [0.4, 0.5) is 0 Å². The lowest BCUT2D eigenvalue weighted by Crippen LogP contribution is -2.48. The first kappa shape index (κ1) is 31.5. The molecule has 1 aromatic rings. The predicted molar refractivity (Wildman–Crippen MR) is 167 cm³/mol. The summed E-state index contributed by atoms with van der Waals surface area (Å²) >= 11 is 0. The minimum atomic E-state index is -0.502. The molecule has 43 heavy (non-hydrogen) atoms. The number of ketones is 1. The van der Waals surface area contributed by atoms with Crippen molar-refractivity contribution < 1.29 is 20.1 Å². The fraction of sp³-hybridized carbons (Fsp3) is 0.625. The van der Waals surface area contributed by atoms with Gasteiger partial charge in [-0.1, -0.05) is 12.2 Å². The number of allylic oxidation sites excluding steroid dienone is 3. The van der Waals surface area contributed by atoms with Crippen molar-refractivity contribution in [3.8, 4) is 5.88 Å². The van der Waals surface area contributed by atoms with Crippen molar-refractivity contribution in [2.45, 2.75) is 65.0 Å². The number of likely N-dealkylation sites (N-methyl/N-ethyl adjacent to an activating group) is 2. The Hall–Kier alpha value is -2.96. The third-order valence-electron chi connectivity index (χ3n) is 9.16. The number of nitrogens with zero attached hydrogens (tertiary/aromatic N) is 7. The summed E-state index contributed by atoms with van der Waals surface area (Å²) in [5, 5.41) is 46.9. The van der Waals surface area contributed by atoms with E-state index in [1.165, 1.54) is 30.4 Å². The number of aliphatic hydroxyl groups is 2. The second kappa shape index (κ2) is 12.6. The number of rotatable bonds is 10. The predicted octanol–water partition coefficient (Wildman–Crippen LogP) is 3.37. The molecule has 0 radical (unpaired) electrons. The standard InChI is InChI=1S/C32H49N7O4/c1-22-26(31(43)39(33-22)32(2,3)4)28-29(41)27(30(28)42)24-12-11-23(21-25(24)40)36(19-17-34(5)37-13-7-8-14-37)20-18-35(6)38-15-9-10-16-38/h11-12,21,23,40-41,43H,7-10,13-20H2,1-6H3/b27-24+. The van der Waals surface area contributed by atoms with Crippen molar-refractivity contribution >= 4 is 11.4 Å². The normalized spacial score (nSPS) is 23.9. The summed E-state index contributed by atoms with van der Waals surface area (Å²) in [5.41, 5.74) is 0.587. The molecule has 5 rings (SSSR count). The van der Waals surface area contributed by atoms with Crippen LogP contribution in [0.25, 0.3) is 5.57 Å². The number of hydrogen-bond donors (Lipinski definition) is 3. The molecule has 236 valence electrons. The maximum Gasteiger partial charge on any atom is 0.218 e. The molecule has 1 unspecified atom stereocenters. The number of Topliss-reactive ketones (excluding diaryl/α,β-unsaturated/α-hetero) is 1. The van der Waals surface area contributed by atoms with Gasteiger partial charge in [-0.25, -0.2) is 24.7 Å². The van der Waals surface area contributed by atoms with Crippen LogP contribution in [0.15, 0.2) is 40.9 Å². The Morgan fingerprint density at radius 1 is 0.884 bits per heavy atom. The lowest BCUT2D eigenvalue weighted by Gasteiger charge is -2.36. The summed E-state index contributed by atoms with van der Waals surface area (Å²) in [7, 11) is 4.29. The molecule has 2 aliphatic carbocycles. The molecular weight excluding hydrogens is 546 g/mol. The van der Waals surface area contributed by atoms with E-state index in [0.717, 1.165) is 52.4 Å². The van der Waals surface area contributed by atoms with Crippen LogP contribution < -0.4 is 0 Å². The van der Waals surface area contributed by atoms with Crippen LogP contribution in [0.1, 0.15) is 57.7 Å². The van der Waals surface area contributed by atoms with E-state index in [2.05, 4.69) is 44.1 Å². The zero-order valence-corrected chi connectivity index (χ0v) is 26.7. The first-order valence-corrected chi connectivity index (χ1v) is 15.7. The topological polar surface area (TPSA) is 112 Å².